The number of amides is 1. The zero-order chi connectivity index (χ0) is 17.3. The van der Waals surface area contributed by atoms with E-state index in [4.69, 9.17) is 4.74 Å². The van der Waals surface area contributed by atoms with Gasteiger partial charge in [0.25, 0.3) is 0 Å². The molecule has 22 heavy (non-hydrogen) atoms. The Bertz CT molecular complexity index is 450. The van der Waals surface area contributed by atoms with E-state index >= 15 is 0 Å². The number of halogens is 2. The van der Waals surface area contributed by atoms with Crippen LogP contribution in [-0.2, 0) is 16.0 Å². The van der Waals surface area contributed by atoms with Crippen LogP contribution in [0.4, 0.5) is 8.78 Å². The molecule has 0 aliphatic rings. The van der Waals surface area contributed by atoms with Crippen molar-refractivity contribution in [3.63, 3.8) is 0 Å². The highest BCUT2D eigenvalue weighted by atomic mass is 19.1. The standard InChI is InChI=1S/C15H21F2NO2.C2H6/c1-15(2,3)13(14(19)18-4)20-6-5-10-7-11(16)9-12(17)8-10;1-2/h7-9,13H,5-6H2,1-4H3,(H,18,19);1-2H3. The molecule has 1 aromatic carbocycles. The topological polar surface area (TPSA) is 38.3 Å². The van der Waals surface area contributed by atoms with E-state index in [9.17, 15) is 13.6 Å². The lowest BCUT2D eigenvalue weighted by Crippen LogP contribution is -2.43. The van der Waals surface area contributed by atoms with Crippen LogP contribution in [0.2, 0.25) is 0 Å². The highest BCUT2D eigenvalue weighted by Gasteiger charge is 2.31. The third-order valence-corrected chi connectivity index (χ3v) is 2.87. The summed E-state index contributed by atoms with van der Waals surface area (Å²) in [4.78, 5) is 11.8. The van der Waals surface area contributed by atoms with E-state index < -0.39 is 17.7 Å². The molecule has 1 atom stereocenters. The maximum absolute atomic E-state index is 13.0. The molecule has 0 heterocycles. The summed E-state index contributed by atoms with van der Waals surface area (Å²) in [6.07, 6.45) is -0.260. The average molecular weight is 315 g/mol. The Morgan fingerprint density at radius 1 is 1.18 bits per heavy atom. The fourth-order valence-electron chi connectivity index (χ4n) is 1.90. The maximum Gasteiger partial charge on any atom is 0.249 e. The summed E-state index contributed by atoms with van der Waals surface area (Å²) >= 11 is 0. The molecule has 0 fully saturated rings. The van der Waals surface area contributed by atoms with Crippen LogP contribution in [0.3, 0.4) is 0 Å². The molecule has 0 saturated carbocycles. The van der Waals surface area contributed by atoms with Crippen LogP contribution in [0.25, 0.3) is 0 Å². The van der Waals surface area contributed by atoms with Crippen molar-refractivity contribution in [1.29, 1.82) is 0 Å². The number of carbonyl (C=O) groups is 1. The van der Waals surface area contributed by atoms with Gasteiger partial charge in [0.05, 0.1) is 6.61 Å². The zero-order valence-corrected chi connectivity index (χ0v) is 14.3. The van der Waals surface area contributed by atoms with Gasteiger partial charge in [-0.2, -0.15) is 0 Å². The minimum atomic E-state index is -0.612. The Labute approximate surface area is 132 Å². The van der Waals surface area contributed by atoms with Crippen molar-refractivity contribution in [3.8, 4) is 0 Å². The van der Waals surface area contributed by atoms with Crippen LogP contribution < -0.4 is 5.32 Å². The van der Waals surface area contributed by atoms with Crippen LogP contribution in [0.15, 0.2) is 18.2 Å². The second kappa shape index (κ2) is 9.51. The first-order valence-electron chi connectivity index (χ1n) is 7.52. The molecular formula is C17H27F2NO2. The number of rotatable bonds is 5. The Balaban J connectivity index is 0.00000211. The molecule has 5 heteroatoms. The summed E-state index contributed by atoms with van der Waals surface area (Å²) in [5.41, 5.74) is 0.153. The van der Waals surface area contributed by atoms with Gasteiger partial charge in [-0.1, -0.05) is 34.6 Å². The number of nitrogens with one attached hydrogen (secondary N) is 1. The van der Waals surface area contributed by atoms with Crippen molar-refractivity contribution in [2.45, 2.75) is 47.1 Å². The molecule has 1 rings (SSSR count). The molecule has 0 saturated heterocycles. The Morgan fingerprint density at radius 3 is 2.09 bits per heavy atom. The van der Waals surface area contributed by atoms with Gasteiger partial charge in [0, 0.05) is 13.1 Å². The molecule has 1 amide bonds. The third-order valence-electron chi connectivity index (χ3n) is 2.87. The normalized spacial score (nSPS) is 12.2. The van der Waals surface area contributed by atoms with Gasteiger partial charge in [-0.3, -0.25) is 4.79 Å². The fraction of sp³-hybridized carbons (Fsp3) is 0.588. The highest BCUT2D eigenvalue weighted by Crippen LogP contribution is 2.22. The van der Waals surface area contributed by atoms with Crippen LogP contribution in [-0.4, -0.2) is 25.7 Å². The quantitative estimate of drug-likeness (QED) is 0.899. The lowest BCUT2D eigenvalue weighted by atomic mass is 9.88. The highest BCUT2D eigenvalue weighted by molar-refractivity contribution is 5.81. The minimum absolute atomic E-state index is 0.206. The third kappa shape index (κ3) is 6.98. The van der Waals surface area contributed by atoms with Crippen LogP contribution in [0.5, 0.6) is 0 Å². The van der Waals surface area contributed by atoms with Crippen LogP contribution >= 0.6 is 0 Å². The molecule has 0 aromatic heterocycles. The summed E-state index contributed by atoms with van der Waals surface area (Å²) in [6.45, 7) is 9.91. The molecule has 1 aromatic rings. The van der Waals surface area contributed by atoms with E-state index in [1.165, 1.54) is 12.1 Å². The van der Waals surface area contributed by atoms with Crippen molar-refractivity contribution >= 4 is 5.91 Å². The molecule has 0 spiro atoms. The molecule has 3 nitrogen and oxygen atoms in total. The van der Waals surface area contributed by atoms with E-state index in [1.54, 1.807) is 7.05 Å². The summed E-state index contributed by atoms with van der Waals surface area (Å²) in [6, 6.07) is 3.35. The Morgan fingerprint density at radius 2 is 1.68 bits per heavy atom. The van der Waals surface area contributed by atoms with Crippen molar-refractivity contribution in [2.24, 2.45) is 5.41 Å². The molecular weight excluding hydrogens is 288 g/mol. The number of likely N-dealkylation sites (N-methyl/N-ethyl adjacent to an activating group) is 1. The van der Waals surface area contributed by atoms with Crippen LogP contribution in [0, 0.1) is 17.0 Å². The van der Waals surface area contributed by atoms with E-state index in [1.807, 2.05) is 34.6 Å². The smallest absolute Gasteiger partial charge is 0.249 e. The van der Waals surface area contributed by atoms with Crippen molar-refractivity contribution in [3.05, 3.63) is 35.4 Å². The van der Waals surface area contributed by atoms with Gasteiger partial charge in [0.1, 0.15) is 17.7 Å². The maximum atomic E-state index is 13.0. The van der Waals surface area contributed by atoms with Crippen LogP contribution in [0.1, 0.15) is 40.2 Å². The summed E-state index contributed by atoms with van der Waals surface area (Å²) in [7, 11) is 1.55. The second-order valence-corrected chi connectivity index (χ2v) is 5.76. The largest absolute Gasteiger partial charge is 0.367 e. The molecule has 1 unspecified atom stereocenters. The van der Waals surface area contributed by atoms with Gasteiger partial charge in [-0.15, -0.1) is 0 Å². The summed E-state index contributed by atoms with van der Waals surface area (Å²) < 4.78 is 31.7. The predicted octanol–water partition coefficient (Wildman–Crippen LogP) is 3.71. The van der Waals surface area contributed by atoms with Gasteiger partial charge in [-0.25, -0.2) is 8.78 Å². The van der Waals surface area contributed by atoms with Gasteiger partial charge >= 0.3 is 0 Å². The van der Waals surface area contributed by atoms with Crippen molar-refractivity contribution < 1.29 is 18.3 Å². The Kier molecular flexibility index (Phi) is 8.87. The van der Waals surface area contributed by atoms with E-state index in [0.29, 0.717) is 12.0 Å². The van der Waals surface area contributed by atoms with Crippen molar-refractivity contribution in [1.82, 2.24) is 5.32 Å². The van der Waals surface area contributed by atoms with E-state index in [-0.39, 0.29) is 17.9 Å². The van der Waals surface area contributed by atoms with Gasteiger partial charge in [-0.05, 0) is 29.5 Å². The second-order valence-electron chi connectivity index (χ2n) is 5.76. The number of hydrogen-bond donors (Lipinski definition) is 1. The lowest BCUT2D eigenvalue weighted by molar-refractivity contribution is -0.139. The van der Waals surface area contributed by atoms with Gasteiger partial charge < -0.3 is 10.1 Å². The predicted molar refractivity (Wildman–Crippen MR) is 84.7 cm³/mol. The molecule has 126 valence electrons. The molecule has 0 aliphatic carbocycles. The average Bonchev–Trinajstić information content (AvgIpc) is 2.42. The zero-order valence-electron chi connectivity index (χ0n) is 14.3. The fourth-order valence-corrected chi connectivity index (χ4v) is 1.90. The van der Waals surface area contributed by atoms with Gasteiger partial charge in [0.15, 0.2) is 0 Å². The lowest BCUT2D eigenvalue weighted by Gasteiger charge is -2.29. The first-order valence-corrected chi connectivity index (χ1v) is 7.52. The Hall–Kier alpha value is -1.49. The summed E-state index contributed by atoms with van der Waals surface area (Å²) in [5.74, 6) is -1.43. The SMILES string of the molecule is CC.CNC(=O)C(OCCc1cc(F)cc(F)c1)C(C)(C)C. The first kappa shape index (κ1) is 20.5. The van der Waals surface area contributed by atoms with Crippen molar-refractivity contribution in [2.75, 3.05) is 13.7 Å². The number of hydrogen-bond acceptors (Lipinski definition) is 2. The molecule has 0 bridgehead atoms. The first-order chi connectivity index (χ1) is 10.2. The monoisotopic (exact) mass is 315 g/mol. The summed E-state index contributed by atoms with van der Waals surface area (Å²) in [5, 5.41) is 2.55. The number of ether oxygens (including phenoxy) is 1. The van der Waals surface area contributed by atoms with Gasteiger partial charge in [0.2, 0.25) is 5.91 Å². The molecule has 0 radical (unpaired) electrons. The van der Waals surface area contributed by atoms with E-state index in [2.05, 4.69) is 5.32 Å². The number of carbonyl (C=O) groups excluding carboxylic acids is 1. The molecule has 1 N–H and O–H groups in total. The minimum Gasteiger partial charge on any atom is -0.367 e. The molecule has 0 aliphatic heterocycles. The number of benzene rings is 1. The van der Waals surface area contributed by atoms with E-state index in [0.717, 1.165) is 6.07 Å².